The molecule has 2 aliphatic heterocycles. The van der Waals surface area contributed by atoms with Crippen molar-refractivity contribution in [3.8, 4) is 17.0 Å². The van der Waals surface area contributed by atoms with E-state index in [9.17, 15) is 14.7 Å². The Bertz CT molecular complexity index is 1060. The van der Waals surface area contributed by atoms with E-state index in [0.29, 0.717) is 24.5 Å². The second kappa shape index (κ2) is 7.45. The zero-order valence-electron chi connectivity index (χ0n) is 17.6. The summed E-state index contributed by atoms with van der Waals surface area (Å²) in [6.07, 6.45) is 1.56. The Kier molecular flexibility index (Phi) is 5.07. The SMILES string of the molecule is CCOC(=O)c1cn2c(cc1=O)-c1cc(COC)c(O)cc1[C@H]1COCC(C)(C)N12. The van der Waals surface area contributed by atoms with E-state index in [1.807, 2.05) is 24.6 Å². The molecule has 1 atom stereocenters. The molecule has 160 valence electrons. The molecule has 2 aromatic rings. The summed E-state index contributed by atoms with van der Waals surface area (Å²) < 4.78 is 18.0. The van der Waals surface area contributed by atoms with Gasteiger partial charge in [-0.2, -0.15) is 0 Å². The summed E-state index contributed by atoms with van der Waals surface area (Å²) in [5, 5.41) is 12.6. The molecule has 1 N–H and O–H groups in total. The molecule has 0 saturated carbocycles. The summed E-state index contributed by atoms with van der Waals surface area (Å²) in [6.45, 7) is 7.10. The summed E-state index contributed by atoms with van der Waals surface area (Å²) in [4.78, 5) is 25.2. The predicted molar refractivity (Wildman–Crippen MR) is 110 cm³/mol. The number of hydrogen-bond acceptors (Lipinski definition) is 7. The lowest BCUT2D eigenvalue weighted by Crippen LogP contribution is -2.61. The first-order chi connectivity index (χ1) is 14.3. The number of carbonyl (C=O) groups excluding carboxylic acids is 1. The van der Waals surface area contributed by atoms with Gasteiger partial charge in [-0.05, 0) is 38.5 Å². The average Bonchev–Trinajstić information content (AvgIpc) is 2.68. The highest BCUT2D eigenvalue weighted by atomic mass is 16.5. The zero-order chi connectivity index (χ0) is 21.6. The molecule has 1 aromatic carbocycles. The van der Waals surface area contributed by atoms with Crippen LogP contribution in [0.5, 0.6) is 5.75 Å². The molecular formula is C22H26N2O6. The fraction of sp³-hybridized carbons (Fsp3) is 0.455. The summed E-state index contributed by atoms with van der Waals surface area (Å²) in [7, 11) is 1.56. The van der Waals surface area contributed by atoms with Crippen LogP contribution >= 0.6 is 0 Å². The van der Waals surface area contributed by atoms with Crippen LogP contribution in [-0.4, -0.2) is 48.2 Å². The molecule has 8 nitrogen and oxygen atoms in total. The number of hydrogen-bond donors (Lipinski definition) is 1. The van der Waals surface area contributed by atoms with Crippen molar-refractivity contribution in [2.75, 3.05) is 31.9 Å². The largest absolute Gasteiger partial charge is 0.508 e. The molecule has 0 bridgehead atoms. The lowest BCUT2D eigenvalue weighted by Gasteiger charge is -2.53. The number of aromatic nitrogens is 1. The predicted octanol–water partition coefficient (Wildman–Crippen LogP) is 2.35. The number of aromatic hydroxyl groups is 1. The quantitative estimate of drug-likeness (QED) is 0.768. The molecule has 30 heavy (non-hydrogen) atoms. The Balaban J connectivity index is 1.99. The van der Waals surface area contributed by atoms with Gasteiger partial charge >= 0.3 is 5.97 Å². The second-order valence-electron chi connectivity index (χ2n) is 8.19. The van der Waals surface area contributed by atoms with E-state index in [1.54, 1.807) is 26.3 Å². The van der Waals surface area contributed by atoms with E-state index in [4.69, 9.17) is 14.2 Å². The molecule has 1 fully saturated rings. The van der Waals surface area contributed by atoms with Crippen molar-refractivity contribution in [1.82, 2.24) is 4.68 Å². The number of phenolic OH excluding ortho intramolecular Hbond substituents is 1. The highest BCUT2D eigenvalue weighted by Gasteiger charge is 2.43. The molecule has 3 heterocycles. The standard InChI is InChI=1S/C22H26N2O6/c1-5-30-21(27)16-9-23-17(8-20(16)26)14-6-13(10-28-4)19(25)7-15(14)18-11-29-12-22(2,3)24(18)23/h6-9,18,25H,5,10-12H2,1-4H3/t18-/m1/s1. The van der Waals surface area contributed by atoms with Crippen molar-refractivity contribution in [2.24, 2.45) is 0 Å². The normalized spacial score (nSPS) is 18.9. The number of carbonyl (C=O) groups is 1. The third-order valence-corrected chi connectivity index (χ3v) is 5.59. The monoisotopic (exact) mass is 414 g/mol. The number of phenols is 1. The molecule has 0 amide bonds. The van der Waals surface area contributed by atoms with Crippen LogP contribution in [-0.2, 0) is 20.8 Å². The van der Waals surface area contributed by atoms with Crippen molar-refractivity contribution in [3.63, 3.8) is 0 Å². The van der Waals surface area contributed by atoms with Gasteiger partial charge in [0.1, 0.15) is 11.3 Å². The van der Waals surface area contributed by atoms with Crippen LogP contribution in [0.2, 0.25) is 0 Å². The summed E-state index contributed by atoms with van der Waals surface area (Å²) in [6, 6.07) is 4.82. The van der Waals surface area contributed by atoms with E-state index in [1.165, 1.54) is 6.07 Å². The van der Waals surface area contributed by atoms with Crippen LogP contribution in [0.4, 0.5) is 0 Å². The van der Waals surface area contributed by atoms with E-state index in [0.717, 1.165) is 11.1 Å². The number of fused-ring (bicyclic) bond motifs is 6. The smallest absolute Gasteiger partial charge is 0.343 e. The maximum atomic E-state index is 12.8. The Morgan fingerprint density at radius 2 is 2.10 bits per heavy atom. The first-order valence-corrected chi connectivity index (χ1v) is 9.94. The molecular weight excluding hydrogens is 388 g/mol. The zero-order valence-corrected chi connectivity index (χ0v) is 17.6. The fourth-order valence-corrected chi connectivity index (χ4v) is 4.33. The minimum Gasteiger partial charge on any atom is -0.508 e. The summed E-state index contributed by atoms with van der Waals surface area (Å²) >= 11 is 0. The first kappa shape index (κ1) is 20.4. The van der Waals surface area contributed by atoms with Crippen molar-refractivity contribution in [2.45, 2.75) is 39.0 Å². The van der Waals surface area contributed by atoms with Crippen LogP contribution < -0.4 is 10.4 Å². The molecule has 1 aromatic heterocycles. The van der Waals surface area contributed by atoms with Crippen molar-refractivity contribution < 1.29 is 24.1 Å². The number of nitrogens with zero attached hydrogens (tertiary/aromatic N) is 2. The molecule has 4 rings (SSSR count). The molecule has 0 unspecified atom stereocenters. The van der Waals surface area contributed by atoms with Gasteiger partial charge < -0.3 is 19.3 Å². The van der Waals surface area contributed by atoms with Gasteiger partial charge in [-0.25, -0.2) is 4.79 Å². The number of morpholine rings is 1. The van der Waals surface area contributed by atoms with E-state index in [-0.39, 0.29) is 30.6 Å². The lowest BCUT2D eigenvalue weighted by atomic mass is 9.89. The van der Waals surface area contributed by atoms with E-state index in [2.05, 4.69) is 5.01 Å². The Morgan fingerprint density at radius 3 is 2.80 bits per heavy atom. The van der Waals surface area contributed by atoms with Crippen molar-refractivity contribution in [1.29, 1.82) is 0 Å². The maximum Gasteiger partial charge on any atom is 0.343 e. The van der Waals surface area contributed by atoms with Crippen molar-refractivity contribution in [3.05, 3.63) is 51.3 Å². The molecule has 0 spiro atoms. The van der Waals surface area contributed by atoms with Crippen LogP contribution in [0.1, 0.15) is 48.3 Å². The fourth-order valence-electron chi connectivity index (χ4n) is 4.33. The lowest BCUT2D eigenvalue weighted by molar-refractivity contribution is 0.0176. The maximum absolute atomic E-state index is 12.8. The number of pyridine rings is 1. The van der Waals surface area contributed by atoms with Gasteiger partial charge in [-0.15, -0.1) is 0 Å². The van der Waals surface area contributed by atoms with E-state index < -0.39 is 16.9 Å². The molecule has 2 aliphatic rings. The Labute approximate surface area is 174 Å². The first-order valence-electron chi connectivity index (χ1n) is 9.94. The van der Waals surface area contributed by atoms with E-state index >= 15 is 0 Å². The van der Waals surface area contributed by atoms with Crippen LogP contribution in [0.3, 0.4) is 0 Å². The number of rotatable bonds is 4. The molecule has 1 saturated heterocycles. The number of methoxy groups -OCH3 is 1. The minimum absolute atomic E-state index is 0.0130. The molecule has 0 aliphatic carbocycles. The number of esters is 1. The third kappa shape index (κ3) is 3.16. The second-order valence-corrected chi connectivity index (χ2v) is 8.19. The van der Waals surface area contributed by atoms with Gasteiger partial charge in [0.15, 0.2) is 5.43 Å². The van der Waals surface area contributed by atoms with Crippen LogP contribution in [0, 0.1) is 0 Å². The molecule has 0 radical (unpaired) electrons. The van der Waals surface area contributed by atoms with Gasteiger partial charge in [0.25, 0.3) is 0 Å². The third-order valence-electron chi connectivity index (χ3n) is 5.59. The van der Waals surface area contributed by atoms with Gasteiger partial charge in [0, 0.05) is 30.5 Å². The van der Waals surface area contributed by atoms with Gasteiger partial charge in [-0.1, -0.05) is 0 Å². The van der Waals surface area contributed by atoms with Gasteiger partial charge in [0.05, 0.1) is 43.7 Å². The number of ether oxygens (including phenoxy) is 3. The van der Waals surface area contributed by atoms with Crippen molar-refractivity contribution >= 4 is 5.97 Å². The molecule has 8 heteroatoms. The Hall–Kier alpha value is -2.84. The van der Waals surface area contributed by atoms with Crippen LogP contribution in [0.15, 0.2) is 29.2 Å². The average molecular weight is 414 g/mol. The summed E-state index contributed by atoms with van der Waals surface area (Å²) in [5.41, 5.74) is 2.09. The number of benzene rings is 1. The highest BCUT2D eigenvalue weighted by molar-refractivity contribution is 5.89. The van der Waals surface area contributed by atoms with Gasteiger partial charge in [0.2, 0.25) is 0 Å². The van der Waals surface area contributed by atoms with Crippen LogP contribution in [0.25, 0.3) is 11.3 Å². The minimum atomic E-state index is -0.642. The topological polar surface area (TPSA) is 90.2 Å². The Morgan fingerprint density at radius 1 is 1.33 bits per heavy atom. The van der Waals surface area contributed by atoms with Gasteiger partial charge in [-0.3, -0.25) is 14.5 Å². The summed E-state index contributed by atoms with van der Waals surface area (Å²) in [5.74, 6) is -0.505. The highest BCUT2D eigenvalue weighted by Crippen LogP contribution is 2.44.